The van der Waals surface area contributed by atoms with Crippen LogP contribution in [0.3, 0.4) is 0 Å². The summed E-state index contributed by atoms with van der Waals surface area (Å²) >= 11 is 0. The van der Waals surface area contributed by atoms with Crippen LogP contribution in [0.25, 0.3) is 5.69 Å². The Morgan fingerprint density at radius 1 is 1.35 bits per heavy atom. The Kier molecular flexibility index (Phi) is 4.99. The smallest absolute Gasteiger partial charge is 0.254 e. The Bertz CT molecular complexity index is 817. The van der Waals surface area contributed by atoms with Gasteiger partial charge in [0.1, 0.15) is 6.04 Å². The molecule has 0 spiro atoms. The number of carbonyl (C=O) groups excluding carboxylic acids is 2. The van der Waals surface area contributed by atoms with Crippen molar-refractivity contribution in [1.29, 1.82) is 0 Å². The van der Waals surface area contributed by atoms with Crippen LogP contribution in [-0.4, -0.2) is 61.6 Å². The minimum Gasteiger partial charge on any atom is -0.352 e. The third-order valence-corrected chi connectivity index (χ3v) is 4.29. The molecular weight excluding hydrogens is 334 g/mol. The third kappa shape index (κ3) is 3.57. The molecule has 3 rings (SSSR count). The zero-order valence-corrected chi connectivity index (χ0v) is 15.1. The summed E-state index contributed by atoms with van der Waals surface area (Å²) < 4.78 is 1.55. The number of aryl methyl sites for hydroxylation is 1. The number of nitrogens with zero attached hydrogens (tertiary/aromatic N) is 5. The predicted octanol–water partition coefficient (Wildman–Crippen LogP) is 0.0371. The highest BCUT2D eigenvalue weighted by atomic mass is 16.2. The summed E-state index contributed by atoms with van der Waals surface area (Å²) in [6, 6.07) is 6.24. The molecule has 2 heterocycles. The molecule has 0 bridgehead atoms. The molecule has 1 aromatic heterocycles. The van der Waals surface area contributed by atoms with Crippen molar-refractivity contribution in [3.8, 4) is 5.69 Å². The fourth-order valence-corrected chi connectivity index (χ4v) is 3.13. The van der Waals surface area contributed by atoms with Crippen molar-refractivity contribution in [2.75, 3.05) is 6.54 Å². The minimum absolute atomic E-state index is 0.00222. The van der Waals surface area contributed by atoms with E-state index in [4.69, 9.17) is 5.73 Å². The molecule has 9 heteroatoms. The summed E-state index contributed by atoms with van der Waals surface area (Å²) in [5.41, 5.74) is 7.17. The van der Waals surface area contributed by atoms with Crippen molar-refractivity contribution in [1.82, 2.24) is 30.4 Å². The van der Waals surface area contributed by atoms with Crippen LogP contribution in [0.5, 0.6) is 0 Å². The van der Waals surface area contributed by atoms with E-state index < -0.39 is 6.04 Å². The van der Waals surface area contributed by atoms with Crippen molar-refractivity contribution >= 4 is 11.8 Å². The topological polar surface area (TPSA) is 119 Å². The Hall–Kier alpha value is -2.81. The number of nitrogens with two attached hydrogens (primary N) is 1. The van der Waals surface area contributed by atoms with Crippen LogP contribution in [0.1, 0.15) is 36.5 Å². The number of carbonyl (C=O) groups is 2. The first-order chi connectivity index (χ1) is 12.4. The summed E-state index contributed by atoms with van der Waals surface area (Å²) in [5.74, 6) is 0.218. The maximum Gasteiger partial charge on any atom is 0.254 e. The summed E-state index contributed by atoms with van der Waals surface area (Å²) in [6.07, 6.45) is 0.454. The molecule has 9 nitrogen and oxygen atoms in total. The monoisotopic (exact) mass is 357 g/mol. The number of nitrogens with one attached hydrogen (secondary N) is 1. The molecule has 1 aliphatic rings. The van der Waals surface area contributed by atoms with E-state index in [0.29, 0.717) is 30.0 Å². The zero-order chi connectivity index (χ0) is 18.8. The summed E-state index contributed by atoms with van der Waals surface area (Å²) in [5, 5.41) is 14.3. The van der Waals surface area contributed by atoms with E-state index in [2.05, 4.69) is 20.8 Å². The van der Waals surface area contributed by atoms with Crippen molar-refractivity contribution in [3.05, 3.63) is 35.7 Å². The molecule has 0 saturated carbocycles. The van der Waals surface area contributed by atoms with E-state index in [1.807, 2.05) is 19.9 Å². The number of likely N-dealkylation sites (tertiary alicyclic amines) is 1. The van der Waals surface area contributed by atoms with E-state index in [1.54, 1.807) is 34.7 Å². The quantitative estimate of drug-likeness (QED) is 0.797. The molecule has 2 aromatic rings. The highest BCUT2D eigenvalue weighted by Crippen LogP contribution is 2.21. The number of tetrazole rings is 1. The number of hydrogen-bond donors (Lipinski definition) is 2. The van der Waals surface area contributed by atoms with Gasteiger partial charge in [0.25, 0.3) is 5.91 Å². The lowest BCUT2D eigenvalue weighted by atomic mass is 10.1. The Morgan fingerprint density at radius 3 is 2.77 bits per heavy atom. The van der Waals surface area contributed by atoms with Crippen molar-refractivity contribution in [2.24, 2.45) is 5.73 Å². The molecule has 1 fully saturated rings. The molecule has 2 amide bonds. The van der Waals surface area contributed by atoms with Gasteiger partial charge in [0.15, 0.2) is 5.82 Å². The van der Waals surface area contributed by atoms with Crippen LogP contribution in [0, 0.1) is 6.92 Å². The molecule has 2 atom stereocenters. The van der Waals surface area contributed by atoms with Gasteiger partial charge in [0.2, 0.25) is 5.91 Å². The lowest BCUT2D eigenvalue weighted by molar-refractivity contribution is -0.125. The highest BCUT2D eigenvalue weighted by molar-refractivity contribution is 5.98. The molecular formula is C17H23N7O2. The number of benzene rings is 1. The maximum atomic E-state index is 13.0. The van der Waals surface area contributed by atoms with E-state index >= 15 is 0 Å². The fraction of sp³-hybridized carbons (Fsp3) is 0.471. The van der Waals surface area contributed by atoms with Crippen LogP contribution >= 0.6 is 0 Å². The van der Waals surface area contributed by atoms with E-state index in [-0.39, 0.29) is 23.9 Å². The molecule has 138 valence electrons. The summed E-state index contributed by atoms with van der Waals surface area (Å²) in [7, 11) is 0. The zero-order valence-electron chi connectivity index (χ0n) is 15.1. The molecule has 0 unspecified atom stereocenters. The molecule has 1 aromatic carbocycles. The average molecular weight is 357 g/mol. The van der Waals surface area contributed by atoms with Gasteiger partial charge in [0.05, 0.1) is 5.69 Å². The molecule has 1 saturated heterocycles. The molecule has 26 heavy (non-hydrogen) atoms. The maximum absolute atomic E-state index is 13.0. The van der Waals surface area contributed by atoms with Crippen molar-refractivity contribution < 1.29 is 9.59 Å². The molecule has 3 N–H and O–H groups in total. The van der Waals surface area contributed by atoms with Gasteiger partial charge in [0, 0.05) is 24.2 Å². The first-order valence-electron chi connectivity index (χ1n) is 8.59. The molecule has 1 aliphatic heterocycles. The number of hydrogen-bond acceptors (Lipinski definition) is 6. The van der Waals surface area contributed by atoms with Crippen LogP contribution < -0.4 is 11.1 Å². The number of aromatic nitrogens is 4. The van der Waals surface area contributed by atoms with E-state index in [1.165, 1.54) is 0 Å². The van der Waals surface area contributed by atoms with Gasteiger partial charge >= 0.3 is 0 Å². The Balaban J connectivity index is 1.86. The van der Waals surface area contributed by atoms with Crippen molar-refractivity contribution in [2.45, 2.75) is 45.3 Å². The second-order valence-electron chi connectivity index (χ2n) is 6.82. The SMILES string of the molecule is Cc1nnnn1-c1cccc(C(=O)N2C[C@@H](N)C[C@H]2C(=O)NC(C)C)c1. The highest BCUT2D eigenvalue weighted by Gasteiger charge is 2.38. The van der Waals surface area contributed by atoms with Crippen molar-refractivity contribution in [3.63, 3.8) is 0 Å². The van der Waals surface area contributed by atoms with E-state index in [0.717, 1.165) is 0 Å². The summed E-state index contributed by atoms with van der Waals surface area (Å²) in [6.45, 7) is 5.90. The normalized spacial score (nSPS) is 19.8. The lowest BCUT2D eigenvalue weighted by Gasteiger charge is -2.25. The van der Waals surface area contributed by atoms with Crippen LogP contribution in [-0.2, 0) is 4.79 Å². The fourth-order valence-electron chi connectivity index (χ4n) is 3.13. The minimum atomic E-state index is -0.557. The molecule has 0 radical (unpaired) electrons. The standard InChI is InChI=1S/C17H23N7O2/c1-10(2)19-16(25)15-8-13(18)9-23(15)17(26)12-5-4-6-14(7-12)24-11(3)20-21-22-24/h4-7,10,13,15H,8-9,18H2,1-3H3,(H,19,25)/t13-,15-/m0/s1. The molecule has 0 aliphatic carbocycles. The van der Waals surface area contributed by atoms with Gasteiger partial charge in [-0.1, -0.05) is 6.07 Å². The Labute approximate surface area is 151 Å². The first-order valence-corrected chi connectivity index (χ1v) is 8.59. The number of rotatable bonds is 4. The lowest BCUT2D eigenvalue weighted by Crippen LogP contribution is -2.47. The van der Waals surface area contributed by atoms with Gasteiger partial charge < -0.3 is 16.0 Å². The third-order valence-electron chi connectivity index (χ3n) is 4.29. The van der Waals surface area contributed by atoms with Crippen LogP contribution in [0.4, 0.5) is 0 Å². The van der Waals surface area contributed by atoms with Gasteiger partial charge in [-0.2, -0.15) is 4.68 Å². The second kappa shape index (κ2) is 7.20. The predicted molar refractivity (Wildman–Crippen MR) is 94.6 cm³/mol. The first kappa shape index (κ1) is 18.0. The van der Waals surface area contributed by atoms with Gasteiger partial charge in [-0.25, -0.2) is 0 Å². The second-order valence-corrected chi connectivity index (χ2v) is 6.82. The van der Waals surface area contributed by atoms with E-state index in [9.17, 15) is 9.59 Å². The number of amides is 2. The van der Waals surface area contributed by atoms with Crippen LogP contribution in [0.2, 0.25) is 0 Å². The van der Waals surface area contributed by atoms with Gasteiger partial charge in [-0.3, -0.25) is 9.59 Å². The summed E-state index contributed by atoms with van der Waals surface area (Å²) in [4.78, 5) is 27.0. The van der Waals surface area contributed by atoms with Gasteiger partial charge in [-0.15, -0.1) is 5.10 Å². The van der Waals surface area contributed by atoms with Crippen LogP contribution in [0.15, 0.2) is 24.3 Å². The largest absolute Gasteiger partial charge is 0.352 e. The average Bonchev–Trinajstić information content (AvgIpc) is 3.19. The Morgan fingerprint density at radius 2 is 2.12 bits per heavy atom. The van der Waals surface area contributed by atoms with Gasteiger partial charge in [-0.05, 0) is 55.8 Å².